The number of benzene rings is 1. The Morgan fingerprint density at radius 3 is 2.86 bits per heavy atom. The predicted molar refractivity (Wildman–Crippen MR) is 109 cm³/mol. The van der Waals surface area contributed by atoms with Crippen LogP contribution in [0, 0.1) is 0 Å². The number of aromatic nitrogens is 3. The van der Waals surface area contributed by atoms with E-state index in [0.29, 0.717) is 12.6 Å². The van der Waals surface area contributed by atoms with Crippen molar-refractivity contribution in [1.82, 2.24) is 19.4 Å². The lowest BCUT2D eigenvalue weighted by molar-refractivity contribution is -0.117. The van der Waals surface area contributed by atoms with Crippen LogP contribution in [-0.2, 0) is 17.6 Å². The van der Waals surface area contributed by atoms with Gasteiger partial charge in [-0.3, -0.25) is 9.69 Å². The summed E-state index contributed by atoms with van der Waals surface area (Å²) in [7, 11) is 0. The number of nitrogens with one attached hydrogen (secondary N) is 1. The Labute approximate surface area is 164 Å². The fourth-order valence-electron chi connectivity index (χ4n) is 4.54. The molecule has 1 aliphatic heterocycles. The van der Waals surface area contributed by atoms with E-state index < -0.39 is 0 Å². The molecule has 0 atom stereocenters. The third kappa shape index (κ3) is 3.40. The number of likely N-dealkylation sites (tertiary alicyclic amines) is 1. The number of imidazole rings is 1. The molecule has 5 rings (SSSR count). The van der Waals surface area contributed by atoms with E-state index in [9.17, 15) is 4.79 Å². The molecule has 144 valence electrons. The van der Waals surface area contributed by atoms with Crippen LogP contribution < -0.4 is 5.32 Å². The first kappa shape index (κ1) is 17.4. The number of hydrogen-bond donors (Lipinski definition) is 1. The molecule has 1 N–H and O–H groups in total. The molecule has 0 unspecified atom stereocenters. The van der Waals surface area contributed by atoms with Crippen LogP contribution in [0.2, 0.25) is 0 Å². The molecule has 6 heteroatoms. The number of pyridine rings is 1. The number of carbonyl (C=O) groups is 1. The molecule has 1 amide bonds. The molecule has 3 heterocycles. The van der Waals surface area contributed by atoms with Crippen molar-refractivity contribution in [3.63, 3.8) is 0 Å². The van der Waals surface area contributed by atoms with Gasteiger partial charge in [-0.25, -0.2) is 9.97 Å². The zero-order valence-corrected chi connectivity index (χ0v) is 16.0. The van der Waals surface area contributed by atoms with Gasteiger partial charge in [0.05, 0.1) is 12.9 Å². The molecule has 0 saturated carbocycles. The monoisotopic (exact) mass is 375 g/mol. The van der Waals surface area contributed by atoms with Gasteiger partial charge in [-0.2, -0.15) is 0 Å². The maximum absolute atomic E-state index is 12.5. The molecule has 0 radical (unpaired) electrons. The van der Waals surface area contributed by atoms with Gasteiger partial charge in [-0.1, -0.05) is 6.07 Å². The van der Waals surface area contributed by atoms with Crippen molar-refractivity contribution in [3.05, 3.63) is 54.0 Å². The van der Waals surface area contributed by atoms with Gasteiger partial charge in [0.25, 0.3) is 0 Å². The molecule has 3 aromatic rings. The Bertz CT molecular complexity index is 1000. The molecule has 0 bridgehead atoms. The van der Waals surface area contributed by atoms with Crippen molar-refractivity contribution in [1.29, 1.82) is 0 Å². The van der Waals surface area contributed by atoms with E-state index in [0.717, 1.165) is 49.2 Å². The largest absolute Gasteiger partial charge is 0.325 e. The molecule has 1 aromatic carbocycles. The summed E-state index contributed by atoms with van der Waals surface area (Å²) in [6.45, 7) is 2.27. The Kier molecular flexibility index (Phi) is 4.56. The van der Waals surface area contributed by atoms with Gasteiger partial charge in [-0.05, 0) is 67.5 Å². The number of nitrogens with zero attached hydrogens (tertiary/aromatic N) is 4. The summed E-state index contributed by atoms with van der Waals surface area (Å²) in [5, 5.41) is 3.08. The number of fused-ring (bicyclic) bond motifs is 2. The number of hydrogen-bond acceptors (Lipinski definition) is 4. The summed E-state index contributed by atoms with van der Waals surface area (Å²) < 4.78 is 2.19. The number of aryl methyl sites for hydroxylation is 2. The SMILES string of the molecule is O=C(CN1CCC(n2cnc3cccnc32)CC1)Nc1ccc2c(c1)CCC2. The summed E-state index contributed by atoms with van der Waals surface area (Å²) >= 11 is 0. The first-order chi connectivity index (χ1) is 13.8. The van der Waals surface area contributed by atoms with E-state index in [1.54, 1.807) is 0 Å². The standard InChI is InChI=1S/C22H25N5O/c28-21(25-18-7-6-16-3-1-4-17(16)13-18)14-26-11-8-19(9-12-26)27-15-24-20-5-2-10-23-22(20)27/h2,5-7,10,13,15,19H,1,3-4,8-9,11-12,14H2,(H,25,28). The fraction of sp³-hybridized carbons (Fsp3) is 0.409. The van der Waals surface area contributed by atoms with Crippen molar-refractivity contribution in [2.45, 2.75) is 38.1 Å². The number of piperidine rings is 1. The van der Waals surface area contributed by atoms with Gasteiger partial charge in [-0.15, -0.1) is 0 Å². The van der Waals surface area contributed by atoms with Crippen LogP contribution >= 0.6 is 0 Å². The molecule has 0 spiro atoms. The third-order valence-corrected chi connectivity index (χ3v) is 6.03. The van der Waals surface area contributed by atoms with Crippen molar-refractivity contribution in [3.8, 4) is 0 Å². The second kappa shape index (κ2) is 7.36. The van der Waals surface area contributed by atoms with E-state index in [1.807, 2.05) is 30.7 Å². The number of anilines is 1. The topological polar surface area (TPSA) is 63.1 Å². The van der Waals surface area contributed by atoms with E-state index in [1.165, 1.54) is 24.0 Å². The fourth-order valence-corrected chi connectivity index (χ4v) is 4.54. The highest BCUT2D eigenvalue weighted by molar-refractivity contribution is 5.92. The number of amides is 1. The van der Waals surface area contributed by atoms with Gasteiger partial charge >= 0.3 is 0 Å². The van der Waals surface area contributed by atoms with E-state index in [4.69, 9.17) is 0 Å². The second-order valence-electron chi connectivity index (χ2n) is 7.89. The minimum Gasteiger partial charge on any atom is -0.325 e. The Morgan fingerprint density at radius 2 is 1.96 bits per heavy atom. The minimum absolute atomic E-state index is 0.0751. The lowest BCUT2D eigenvalue weighted by atomic mass is 10.0. The van der Waals surface area contributed by atoms with E-state index in [-0.39, 0.29) is 5.91 Å². The van der Waals surface area contributed by atoms with Gasteiger partial charge in [0.1, 0.15) is 5.52 Å². The zero-order valence-electron chi connectivity index (χ0n) is 16.0. The van der Waals surface area contributed by atoms with Crippen molar-refractivity contribution in [2.75, 3.05) is 25.0 Å². The Morgan fingerprint density at radius 1 is 1.11 bits per heavy atom. The highest BCUT2D eigenvalue weighted by Gasteiger charge is 2.23. The molecular formula is C22H25N5O. The van der Waals surface area contributed by atoms with Crippen LogP contribution in [0.5, 0.6) is 0 Å². The predicted octanol–water partition coefficient (Wildman–Crippen LogP) is 3.20. The summed E-state index contributed by atoms with van der Waals surface area (Å²) in [4.78, 5) is 23.7. The summed E-state index contributed by atoms with van der Waals surface area (Å²) in [5.41, 5.74) is 5.65. The number of rotatable bonds is 4. The Balaban J connectivity index is 1.16. The molecule has 1 aliphatic carbocycles. The minimum atomic E-state index is 0.0751. The van der Waals surface area contributed by atoms with Crippen LogP contribution in [0.1, 0.15) is 36.4 Å². The van der Waals surface area contributed by atoms with Gasteiger partial charge in [0.2, 0.25) is 5.91 Å². The van der Waals surface area contributed by atoms with Crippen LogP contribution in [0.25, 0.3) is 11.2 Å². The quantitative estimate of drug-likeness (QED) is 0.761. The van der Waals surface area contributed by atoms with E-state index >= 15 is 0 Å². The first-order valence-corrected chi connectivity index (χ1v) is 10.2. The van der Waals surface area contributed by atoms with Crippen LogP contribution in [0.4, 0.5) is 5.69 Å². The first-order valence-electron chi connectivity index (χ1n) is 10.2. The van der Waals surface area contributed by atoms with Crippen LogP contribution in [0.3, 0.4) is 0 Å². The zero-order chi connectivity index (χ0) is 18.9. The van der Waals surface area contributed by atoms with Crippen LogP contribution in [0.15, 0.2) is 42.9 Å². The highest BCUT2D eigenvalue weighted by atomic mass is 16.2. The van der Waals surface area contributed by atoms with Gasteiger partial charge < -0.3 is 9.88 Å². The maximum atomic E-state index is 12.5. The second-order valence-corrected chi connectivity index (χ2v) is 7.89. The lowest BCUT2D eigenvalue weighted by Gasteiger charge is -2.32. The van der Waals surface area contributed by atoms with Crippen molar-refractivity contribution in [2.24, 2.45) is 0 Å². The average molecular weight is 375 g/mol. The molecule has 1 fully saturated rings. The molecule has 2 aromatic heterocycles. The summed E-state index contributed by atoms with van der Waals surface area (Å²) in [6.07, 6.45) is 9.26. The summed E-state index contributed by atoms with van der Waals surface area (Å²) in [6, 6.07) is 10.7. The smallest absolute Gasteiger partial charge is 0.238 e. The summed E-state index contributed by atoms with van der Waals surface area (Å²) in [5.74, 6) is 0.0751. The molecule has 28 heavy (non-hydrogen) atoms. The molecular weight excluding hydrogens is 350 g/mol. The molecule has 1 saturated heterocycles. The van der Waals surface area contributed by atoms with Crippen LogP contribution in [-0.4, -0.2) is 45.0 Å². The third-order valence-electron chi connectivity index (χ3n) is 6.03. The molecule has 2 aliphatic rings. The van der Waals surface area contributed by atoms with Crippen molar-refractivity contribution >= 4 is 22.8 Å². The molecule has 6 nitrogen and oxygen atoms in total. The maximum Gasteiger partial charge on any atom is 0.238 e. The van der Waals surface area contributed by atoms with Crippen molar-refractivity contribution < 1.29 is 4.79 Å². The van der Waals surface area contributed by atoms with E-state index in [2.05, 4.69) is 36.9 Å². The average Bonchev–Trinajstić information content (AvgIpc) is 3.35. The van der Waals surface area contributed by atoms with Gasteiger partial charge in [0, 0.05) is 31.0 Å². The number of carbonyl (C=O) groups excluding carboxylic acids is 1. The van der Waals surface area contributed by atoms with Gasteiger partial charge in [0.15, 0.2) is 5.65 Å². The normalized spacial score (nSPS) is 17.7. The highest BCUT2D eigenvalue weighted by Crippen LogP contribution is 2.26. The lowest BCUT2D eigenvalue weighted by Crippen LogP contribution is -2.39. The Hall–Kier alpha value is -2.73.